The zero-order valence-electron chi connectivity index (χ0n) is 5.01. The van der Waals surface area contributed by atoms with Crippen LogP contribution in [-0.4, -0.2) is 23.2 Å². The van der Waals surface area contributed by atoms with Crippen molar-refractivity contribution in [3.05, 3.63) is 12.2 Å². The monoisotopic (exact) mass is 115 g/mol. The normalized spacial score (nSPS) is 8.38. The van der Waals surface area contributed by atoms with Gasteiger partial charge in [0.15, 0.2) is 0 Å². The van der Waals surface area contributed by atoms with E-state index < -0.39 is 5.91 Å². The van der Waals surface area contributed by atoms with E-state index >= 15 is 0 Å². The number of rotatable bonds is 1. The Morgan fingerprint density at radius 1 is 1.75 bits per heavy atom. The summed E-state index contributed by atoms with van der Waals surface area (Å²) in [6.07, 6.45) is 0. The molecule has 0 aromatic carbocycles. The minimum absolute atomic E-state index is 0.329. The molecule has 0 atom stereocenters. The Morgan fingerprint density at radius 2 is 2.12 bits per heavy atom. The molecular weight excluding hydrogens is 106 g/mol. The summed E-state index contributed by atoms with van der Waals surface area (Å²) in [7, 11) is 1.26. The van der Waals surface area contributed by atoms with Gasteiger partial charge in [-0.05, 0) is 6.92 Å². The van der Waals surface area contributed by atoms with Gasteiger partial charge in [-0.15, -0.1) is 0 Å². The van der Waals surface area contributed by atoms with Crippen LogP contribution in [0.15, 0.2) is 12.2 Å². The molecule has 0 bridgehead atoms. The average Bonchev–Trinajstić information content (AvgIpc) is 1.64. The molecule has 0 heterocycles. The van der Waals surface area contributed by atoms with Crippen LogP contribution in [0.5, 0.6) is 0 Å². The molecule has 8 heavy (non-hydrogen) atoms. The third kappa shape index (κ3) is 1.75. The summed E-state index contributed by atoms with van der Waals surface area (Å²) in [5.74, 6) is -0.454. The van der Waals surface area contributed by atoms with E-state index in [-0.39, 0.29) is 0 Å². The lowest BCUT2D eigenvalue weighted by Gasteiger charge is -2.05. The lowest BCUT2D eigenvalue weighted by Crippen LogP contribution is -2.22. The zero-order valence-corrected chi connectivity index (χ0v) is 5.01. The molecule has 0 aliphatic carbocycles. The quantitative estimate of drug-likeness (QED) is 0.305. The molecule has 0 aromatic heterocycles. The predicted molar refractivity (Wildman–Crippen MR) is 29.4 cm³/mol. The second kappa shape index (κ2) is 2.47. The lowest BCUT2D eigenvalue weighted by atomic mass is 10.3. The Kier molecular flexibility index (Phi) is 2.21. The molecule has 1 N–H and O–H groups in total. The van der Waals surface area contributed by atoms with Gasteiger partial charge in [-0.2, -0.15) is 0 Å². The van der Waals surface area contributed by atoms with Crippen molar-refractivity contribution in [3.63, 3.8) is 0 Å². The first-order chi connectivity index (χ1) is 3.55. The van der Waals surface area contributed by atoms with Crippen LogP contribution in [0.4, 0.5) is 0 Å². The van der Waals surface area contributed by atoms with E-state index in [0.29, 0.717) is 10.6 Å². The maximum Gasteiger partial charge on any atom is 0.271 e. The summed E-state index contributed by atoms with van der Waals surface area (Å²) < 4.78 is 0. The molecule has 0 rings (SSSR count). The van der Waals surface area contributed by atoms with Gasteiger partial charge in [0.05, 0.1) is 0 Å². The van der Waals surface area contributed by atoms with Gasteiger partial charge in [-0.3, -0.25) is 10.0 Å². The van der Waals surface area contributed by atoms with Crippen LogP contribution in [-0.2, 0) is 4.79 Å². The van der Waals surface area contributed by atoms with Crippen LogP contribution < -0.4 is 0 Å². The van der Waals surface area contributed by atoms with Crippen LogP contribution in [0.2, 0.25) is 0 Å². The van der Waals surface area contributed by atoms with E-state index in [9.17, 15) is 4.79 Å². The number of likely N-dealkylation sites (N-methyl/N-ethyl adjacent to an activating group) is 1. The first kappa shape index (κ1) is 7.17. The highest BCUT2D eigenvalue weighted by atomic mass is 16.5. The van der Waals surface area contributed by atoms with Crippen LogP contribution >= 0.6 is 0 Å². The van der Waals surface area contributed by atoms with Gasteiger partial charge < -0.3 is 0 Å². The maximum absolute atomic E-state index is 10.4. The molecule has 0 aliphatic rings. The molecule has 0 fully saturated rings. The number of hydrogen-bond donors (Lipinski definition) is 1. The number of nitrogens with zero attached hydrogens (tertiary/aromatic N) is 1. The van der Waals surface area contributed by atoms with E-state index in [1.165, 1.54) is 14.0 Å². The fourth-order valence-electron chi connectivity index (χ4n) is 0.276. The molecule has 1 amide bonds. The summed E-state index contributed by atoms with van der Waals surface area (Å²) in [5.41, 5.74) is 0.329. The number of hydroxylamine groups is 2. The Morgan fingerprint density at radius 3 is 2.12 bits per heavy atom. The molecule has 0 saturated carbocycles. The summed E-state index contributed by atoms with van der Waals surface area (Å²) in [6, 6.07) is 0. The molecule has 3 heteroatoms. The second-order valence-corrected chi connectivity index (χ2v) is 1.61. The van der Waals surface area contributed by atoms with Crippen LogP contribution in [0.25, 0.3) is 0 Å². The molecule has 3 nitrogen and oxygen atoms in total. The van der Waals surface area contributed by atoms with Gasteiger partial charge in [0.1, 0.15) is 0 Å². The van der Waals surface area contributed by atoms with E-state index in [0.717, 1.165) is 0 Å². The van der Waals surface area contributed by atoms with Gasteiger partial charge in [-0.1, -0.05) is 6.58 Å². The number of carbonyl (C=O) groups excluding carboxylic acids is 1. The first-order valence-electron chi connectivity index (χ1n) is 2.18. The second-order valence-electron chi connectivity index (χ2n) is 1.61. The molecule has 0 aliphatic heterocycles. The molecule has 0 saturated heterocycles. The highest BCUT2D eigenvalue weighted by Crippen LogP contribution is 1.90. The number of carbonyl (C=O) groups is 1. The van der Waals surface area contributed by atoms with E-state index in [4.69, 9.17) is 5.21 Å². The van der Waals surface area contributed by atoms with Gasteiger partial charge in [0.2, 0.25) is 0 Å². The van der Waals surface area contributed by atoms with E-state index in [1.54, 1.807) is 0 Å². The highest BCUT2D eigenvalue weighted by molar-refractivity contribution is 5.90. The van der Waals surface area contributed by atoms with Crippen molar-refractivity contribution in [2.75, 3.05) is 7.05 Å². The van der Waals surface area contributed by atoms with Crippen molar-refractivity contribution in [2.24, 2.45) is 0 Å². The van der Waals surface area contributed by atoms with Gasteiger partial charge in [-0.25, -0.2) is 5.06 Å². The van der Waals surface area contributed by atoms with Crippen LogP contribution in [0.1, 0.15) is 6.92 Å². The van der Waals surface area contributed by atoms with Crippen LogP contribution in [0.3, 0.4) is 0 Å². The Bertz CT molecular complexity index is 118. The number of amides is 1. The SMILES string of the molecule is C=C(C)C(=O)N(C)O. The minimum Gasteiger partial charge on any atom is -0.286 e. The standard InChI is InChI=1S/C5H9NO2/c1-4(2)5(7)6(3)8/h8H,1H2,2-3H3. The Hall–Kier alpha value is -0.830. The van der Waals surface area contributed by atoms with E-state index in [1.807, 2.05) is 0 Å². The van der Waals surface area contributed by atoms with Crippen LogP contribution in [0, 0.1) is 0 Å². The van der Waals surface area contributed by atoms with Gasteiger partial charge in [0, 0.05) is 12.6 Å². The third-order valence-electron chi connectivity index (χ3n) is 0.659. The zero-order chi connectivity index (χ0) is 6.73. The van der Waals surface area contributed by atoms with Crippen molar-refractivity contribution in [1.82, 2.24) is 5.06 Å². The van der Waals surface area contributed by atoms with E-state index in [2.05, 4.69) is 6.58 Å². The van der Waals surface area contributed by atoms with Gasteiger partial charge in [0.25, 0.3) is 5.91 Å². The van der Waals surface area contributed by atoms with Crippen molar-refractivity contribution < 1.29 is 10.0 Å². The largest absolute Gasteiger partial charge is 0.286 e. The Balaban J connectivity index is 3.84. The summed E-state index contributed by atoms with van der Waals surface area (Å²) in [6.45, 7) is 4.86. The Labute approximate surface area is 48.2 Å². The topological polar surface area (TPSA) is 40.5 Å². The third-order valence-corrected chi connectivity index (χ3v) is 0.659. The van der Waals surface area contributed by atoms with Crippen molar-refractivity contribution in [3.8, 4) is 0 Å². The van der Waals surface area contributed by atoms with Crippen molar-refractivity contribution in [2.45, 2.75) is 6.92 Å². The van der Waals surface area contributed by atoms with Crippen molar-refractivity contribution >= 4 is 5.91 Å². The summed E-state index contributed by atoms with van der Waals surface area (Å²) in [4.78, 5) is 10.4. The van der Waals surface area contributed by atoms with Crippen molar-refractivity contribution in [1.29, 1.82) is 0 Å². The maximum atomic E-state index is 10.4. The molecule has 0 aromatic rings. The molecule has 46 valence electrons. The predicted octanol–water partition coefficient (Wildman–Crippen LogP) is 0.410. The number of hydrogen-bond acceptors (Lipinski definition) is 2. The molecule has 0 unspecified atom stereocenters. The minimum atomic E-state index is -0.454. The fraction of sp³-hybridized carbons (Fsp3) is 0.400. The molecule has 0 spiro atoms. The molecular formula is C5H9NO2. The average molecular weight is 115 g/mol. The smallest absolute Gasteiger partial charge is 0.271 e. The highest BCUT2D eigenvalue weighted by Gasteiger charge is 2.03. The molecule has 0 radical (unpaired) electrons. The lowest BCUT2D eigenvalue weighted by molar-refractivity contribution is -0.154. The fourth-order valence-corrected chi connectivity index (χ4v) is 0.276. The van der Waals surface area contributed by atoms with Gasteiger partial charge >= 0.3 is 0 Å². The summed E-state index contributed by atoms with van der Waals surface area (Å²) in [5, 5.41) is 8.92. The first-order valence-corrected chi connectivity index (χ1v) is 2.18. The summed E-state index contributed by atoms with van der Waals surface area (Å²) >= 11 is 0.